The van der Waals surface area contributed by atoms with Gasteiger partial charge in [-0.2, -0.15) is 5.10 Å². The SMILES string of the molecule is CCn1nc(Cc2ccc(F)cc2)cc1C1CCN(C(=O)OC(C)(C)C)CC1. The van der Waals surface area contributed by atoms with Gasteiger partial charge in [0, 0.05) is 37.7 Å². The van der Waals surface area contributed by atoms with Crippen LogP contribution in [0.15, 0.2) is 30.3 Å². The van der Waals surface area contributed by atoms with Crippen molar-refractivity contribution in [1.82, 2.24) is 14.7 Å². The first kappa shape index (κ1) is 20.4. The lowest BCUT2D eigenvalue weighted by Crippen LogP contribution is -2.41. The molecule has 0 saturated carbocycles. The highest BCUT2D eigenvalue weighted by Crippen LogP contribution is 2.30. The third-order valence-electron chi connectivity index (χ3n) is 5.02. The van der Waals surface area contributed by atoms with Crippen molar-refractivity contribution in [2.45, 2.75) is 65.0 Å². The molecule has 0 aliphatic carbocycles. The Balaban J connectivity index is 1.65. The zero-order valence-electron chi connectivity index (χ0n) is 17.2. The molecule has 3 rings (SSSR count). The second-order valence-corrected chi connectivity index (χ2v) is 8.42. The van der Waals surface area contributed by atoms with Crippen LogP contribution in [0.5, 0.6) is 0 Å². The molecule has 0 unspecified atom stereocenters. The largest absolute Gasteiger partial charge is 0.444 e. The van der Waals surface area contributed by atoms with E-state index in [2.05, 4.69) is 17.7 Å². The van der Waals surface area contributed by atoms with Crippen LogP contribution in [0.4, 0.5) is 9.18 Å². The molecule has 0 atom stereocenters. The Morgan fingerprint density at radius 1 is 1.21 bits per heavy atom. The number of aromatic nitrogens is 2. The van der Waals surface area contributed by atoms with E-state index < -0.39 is 5.60 Å². The number of carbonyl (C=O) groups is 1. The van der Waals surface area contributed by atoms with Gasteiger partial charge in [0.05, 0.1) is 5.69 Å². The van der Waals surface area contributed by atoms with Crippen LogP contribution in [0.2, 0.25) is 0 Å². The number of aryl methyl sites for hydroxylation is 1. The predicted octanol–water partition coefficient (Wildman–Crippen LogP) is 4.75. The summed E-state index contributed by atoms with van der Waals surface area (Å²) in [7, 11) is 0. The van der Waals surface area contributed by atoms with Crippen molar-refractivity contribution in [3.05, 3.63) is 53.1 Å². The average molecular weight is 387 g/mol. The van der Waals surface area contributed by atoms with Crippen molar-refractivity contribution in [2.75, 3.05) is 13.1 Å². The Bertz CT molecular complexity index is 800. The highest BCUT2D eigenvalue weighted by Gasteiger charge is 2.29. The van der Waals surface area contributed by atoms with Gasteiger partial charge in [0.2, 0.25) is 0 Å². The molecule has 1 saturated heterocycles. The van der Waals surface area contributed by atoms with Crippen LogP contribution in [0.25, 0.3) is 0 Å². The van der Waals surface area contributed by atoms with E-state index in [1.165, 1.54) is 17.8 Å². The summed E-state index contributed by atoms with van der Waals surface area (Å²) >= 11 is 0. The number of hydrogen-bond acceptors (Lipinski definition) is 3. The van der Waals surface area contributed by atoms with Gasteiger partial charge >= 0.3 is 6.09 Å². The van der Waals surface area contributed by atoms with Crippen LogP contribution in [-0.2, 0) is 17.7 Å². The minimum absolute atomic E-state index is 0.222. The van der Waals surface area contributed by atoms with Gasteiger partial charge in [-0.25, -0.2) is 9.18 Å². The van der Waals surface area contributed by atoms with Crippen molar-refractivity contribution >= 4 is 6.09 Å². The maximum Gasteiger partial charge on any atom is 0.410 e. The number of likely N-dealkylation sites (tertiary alicyclic amines) is 1. The number of piperidine rings is 1. The van der Waals surface area contributed by atoms with Crippen LogP contribution in [-0.4, -0.2) is 39.5 Å². The number of nitrogens with zero attached hydrogens (tertiary/aromatic N) is 3. The molecule has 1 aliphatic rings. The lowest BCUT2D eigenvalue weighted by Gasteiger charge is -2.33. The van der Waals surface area contributed by atoms with E-state index in [0.29, 0.717) is 25.4 Å². The first-order valence-corrected chi connectivity index (χ1v) is 10.0. The van der Waals surface area contributed by atoms with Crippen molar-refractivity contribution in [1.29, 1.82) is 0 Å². The number of ether oxygens (including phenoxy) is 1. The average Bonchev–Trinajstić information content (AvgIpc) is 3.05. The molecule has 1 aromatic carbocycles. The molecule has 1 aromatic heterocycles. The Labute approximate surface area is 166 Å². The van der Waals surface area contributed by atoms with E-state index in [0.717, 1.165) is 30.6 Å². The molecular formula is C22H30FN3O2. The van der Waals surface area contributed by atoms with E-state index in [9.17, 15) is 9.18 Å². The maximum atomic E-state index is 13.1. The molecule has 6 heteroatoms. The fourth-order valence-corrected chi connectivity index (χ4v) is 3.65. The highest BCUT2D eigenvalue weighted by atomic mass is 19.1. The van der Waals surface area contributed by atoms with Gasteiger partial charge < -0.3 is 9.64 Å². The van der Waals surface area contributed by atoms with Crippen molar-refractivity contribution < 1.29 is 13.9 Å². The van der Waals surface area contributed by atoms with E-state index in [4.69, 9.17) is 9.84 Å². The van der Waals surface area contributed by atoms with Gasteiger partial charge in [0.25, 0.3) is 0 Å². The van der Waals surface area contributed by atoms with Gasteiger partial charge in [-0.15, -0.1) is 0 Å². The monoisotopic (exact) mass is 387 g/mol. The van der Waals surface area contributed by atoms with E-state index in [1.54, 1.807) is 17.0 Å². The van der Waals surface area contributed by atoms with E-state index in [1.807, 2.05) is 20.8 Å². The molecule has 2 heterocycles. The summed E-state index contributed by atoms with van der Waals surface area (Å²) in [6, 6.07) is 8.75. The van der Waals surface area contributed by atoms with Crippen LogP contribution in [0, 0.1) is 5.82 Å². The Morgan fingerprint density at radius 2 is 1.86 bits per heavy atom. The molecule has 0 spiro atoms. The molecule has 28 heavy (non-hydrogen) atoms. The zero-order valence-corrected chi connectivity index (χ0v) is 17.2. The van der Waals surface area contributed by atoms with Crippen LogP contribution in [0.1, 0.15) is 63.4 Å². The molecule has 0 N–H and O–H groups in total. The van der Waals surface area contributed by atoms with Gasteiger partial charge in [0.15, 0.2) is 0 Å². The third kappa shape index (κ3) is 5.12. The fraction of sp³-hybridized carbons (Fsp3) is 0.545. The Hall–Kier alpha value is -2.37. The van der Waals surface area contributed by atoms with E-state index >= 15 is 0 Å². The van der Waals surface area contributed by atoms with E-state index in [-0.39, 0.29) is 11.9 Å². The van der Waals surface area contributed by atoms with Gasteiger partial charge in [-0.3, -0.25) is 4.68 Å². The molecule has 2 aromatic rings. The Kier molecular flexibility index (Phi) is 6.06. The second-order valence-electron chi connectivity index (χ2n) is 8.42. The van der Waals surface area contributed by atoms with Crippen molar-refractivity contribution in [3.63, 3.8) is 0 Å². The summed E-state index contributed by atoms with van der Waals surface area (Å²) in [5.41, 5.74) is 2.80. The number of halogens is 1. The number of rotatable bonds is 4. The van der Waals surface area contributed by atoms with Crippen LogP contribution >= 0.6 is 0 Å². The summed E-state index contributed by atoms with van der Waals surface area (Å²) in [6.45, 7) is 9.96. The topological polar surface area (TPSA) is 47.4 Å². The van der Waals surface area contributed by atoms with Crippen molar-refractivity contribution in [2.24, 2.45) is 0 Å². The summed E-state index contributed by atoms with van der Waals surface area (Å²) in [4.78, 5) is 14.1. The second kappa shape index (κ2) is 8.33. The Morgan fingerprint density at radius 3 is 2.43 bits per heavy atom. The molecule has 152 valence electrons. The smallest absolute Gasteiger partial charge is 0.410 e. The molecule has 0 radical (unpaired) electrons. The minimum atomic E-state index is -0.468. The van der Waals surface area contributed by atoms with Gasteiger partial charge in [-0.05, 0) is 64.3 Å². The lowest BCUT2D eigenvalue weighted by atomic mass is 9.93. The zero-order chi connectivity index (χ0) is 20.3. The summed E-state index contributed by atoms with van der Waals surface area (Å²) in [6.07, 6.45) is 2.27. The lowest BCUT2D eigenvalue weighted by molar-refractivity contribution is 0.0203. The first-order valence-electron chi connectivity index (χ1n) is 10.0. The summed E-state index contributed by atoms with van der Waals surface area (Å²) < 4.78 is 20.7. The first-order chi connectivity index (χ1) is 13.2. The number of hydrogen-bond donors (Lipinski definition) is 0. The number of carbonyl (C=O) groups excluding carboxylic acids is 1. The standard InChI is InChI=1S/C22H30FN3O2/c1-5-26-20(15-19(24-26)14-16-6-8-18(23)9-7-16)17-10-12-25(13-11-17)21(27)28-22(2,3)4/h6-9,15,17H,5,10-14H2,1-4H3. The predicted molar refractivity (Wildman–Crippen MR) is 107 cm³/mol. The van der Waals surface area contributed by atoms with Gasteiger partial charge in [0.1, 0.15) is 11.4 Å². The molecule has 0 bridgehead atoms. The summed E-state index contributed by atoms with van der Waals surface area (Å²) in [5.74, 6) is 0.161. The molecule has 1 aliphatic heterocycles. The van der Waals surface area contributed by atoms with Gasteiger partial charge in [-0.1, -0.05) is 12.1 Å². The van der Waals surface area contributed by atoms with Crippen LogP contribution < -0.4 is 0 Å². The molecule has 1 fully saturated rings. The molecule has 1 amide bonds. The van der Waals surface area contributed by atoms with Crippen LogP contribution in [0.3, 0.4) is 0 Å². The third-order valence-corrected chi connectivity index (χ3v) is 5.02. The number of benzene rings is 1. The molecular weight excluding hydrogens is 357 g/mol. The highest BCUT2D eigenvalue weighted by molar-refractivity contribution is 5.68. The summed E-state index contributed by atoms with van der Waals surface area (Å²) in [5, 5.41) is 4.74. The normalized spacial score (nSPS) is 15.7. The molecule has 5 nitrogen and oxygen atoms in total. The fourth-order valence-electron chi connectivity index (χ4n) is 3.65. The minimum Gasteiger partial charge on any atom is -0.444 e. The maximum absolute atomic E-state index is 13.1. The quantitative estimate of drug-likeness (QED) is 0.761. The van der Waals surface area contributed by atoms with Crippen molar-refractivity contribution in [3.8, 4) is 0 Å². The number of amides is 1.